The molecule has 1 aromatic rings. The van der Waals surface area contributed by atoms with Crippen LogP contribution >= 0.6 is 0 Å². The summed E-state index contributed by atoms with van der Waals surface area (Å²) in [5.74, 6) is 0.755. The second kappa shape index (κ2) is 4.59. The monoisotopic (exact) mass is 202 g/mol. The predicted molar refractivity (Wildman–Crippen MR) is 62.1 cm³/mol. The summed E-state index contributed by atoms with van der Waals surface area (Å²) in [5.41, 5.74) is 4.97. The summed E-state index contributed by atoms with van der Waals surface area (Å²) in [4.78, 5) is 4.19. The van der Waals surface area contributed by atoms with Gasteiger partial charge in [-0.1, -0.05) is 30.3 Å². The maximum absolute atomic E-state index is 4.25. The van der Waals surface area contributed by atoms with Crippen LogP contribution in [0.25, 0.3) is 0 Å². The zero-order valence-electron chi connectivity index (χ0n) is 8.70. The van der Waals surface area contributed by atoms with Gasteiger partial charge < -0.3 is 5.32 Å². The second-order valence-corrected chi connectivity index (χ2v) is 3.33. The van der Waals surface area contributed by atoms with Crippen molar-refractivity contribution in [1.82, 2.24) is 10.7 Å². The third-order valence-electron chi connectivity index (χ3n) is 2.20. The molecule has 0 saturated carbocycles. The number of hydrazone groups is 1. The molecule has 1 aliphatic rings. The lowest BCUT2D eigenvalue weighted by Crippen LogP contribution is -2.30. The van der Waals surface area contributed by atoms with E-state index in [1.165, 1.54) is 0 Å². The van der Waals surface area contributed by atoms with Gasteiger partial charge in [0, 0.05) is 6.54 Å². The molecule has 1 aromatic carbocycles. The van der Waals surface area contributed by atoms with Crippen molar-refractivity contribution in [3.8, 4) is 0 Å². The summed E-state index contributed by atoms with van der Waals surface area (Å²) >= 11 is 0. The summed E-state index contributed by atoms with van der Waals surface area (Å²) in [7, 11) is 0. The van der Waals surface area contributed by atoms with Gasteiger partial charge in [0.05, 0.1) is 12.3 Å². The third-order valence-corrected chi connectivity index (χ3v) is 2.20. The van der Waals surface area contributed by atoms with Crippen LogP contribution in [-0.4, -0.2) is 24.8 Å². The van der Waals surface area contributed by atoms with Gasteiger partial charge in [0.15, 0.2) is 0 Å². The SMILES string of the molecule is C/C(=N/NC1=NCCN1)c1ccccc1. The van der Waals surface area contributed by atoms with E-state index >= 15 is 0 Å². The molecule has 0 atom stereocenters. The number of rotatable bonds is 2. The van der Waals surface area contributed by atoms with Crippen LogP contribution < -0.4 is 10.7 Å². The molecule has 78 valence electrons. The molecule has 15 heavy (non-hydrogen) atoms. The van der Waals surface area contributed by atoms with Gasteiger partial charge in [0.25, 0.3) is 0 Å². The highest BCUT2D eigenvalue weighted by molar-refractivity contribution is 5.99. The molecule has 0 spiro atoms. The number of nitrogens with one attached hydrogen (secondary N) is 2. The molecule has 0 fully saturated rings. The molecule has 0 aliphatic carbocycles. The lowest BCUT2D eigenvalue weighted by atomic mass is 10.1. The van der Waals surface area contributed by atoms with Crippen molar-refractivity contribution >= 4 is 11.7 Å². The fourth-order valence-electron chi connectivity index (χ4n) is 1.35. The van der Waals surface area contributed by atoms with Gasteiger partial charge in [0.1, 0.15) is 0 Å². The lowest BCUT2D eigenvalue weighted by Gasteiger charge is -2.03. The van der Waals surface area contributed by atoms with Crippen molar-refractivity contribution in [3.63, 3.8) is 0 Å². The van der Waals surface area contributed by atoms with Crippen molar-refractivity contribution in [2.75, 3.05) is 13.1 Å². The number of nitrogens with zero attached hydrogens (tertiary/aromatic N) is 2. The highest BCUT2D eigenvalue weighted by Crippen LogP contribution is 1.99. The fraction of sp³-hybridized carbons (Fsp3) is 0.273. The minimum atomic E-state index is 0.755. The number of hydrogen-bond donors (Lipinski definition) is 2. The van der Waals surface area contributed by atoms with Crippen molar-refractivity contribution in [2.45, 2.75) is 6.92 Å². The Hall–Kier alpha value is -1.84. The van der Waals surface area contributed by atoms with E-state index in [9.17, 15) is 0 Å². The maximum Gasteiger partial charge on any atom is 0.212 e. The van der Waals surface area contributed by atoms with E-state index in [0.29, 0.717) is 0 Å². The first-order valence-corrected chi connectivity index (χ1v) is 5.00. The zero-order chi connectivity index (χ0) is 10.5. The van der Waals surface area contributed by atoms with Gasteiger partial charge in [-0.05, 0) is 12.5 Å². The molecule has 4 nitrogen and oxygen atoms in total. The summed E-state index contributed by atoms with van der Waals surface area (Å²) in [6, 6.07) is 10.1. The highest BCUT2D eigenvalue weighted by Gasteiger charge is 2.02. The number of hydrogen-bond acceptors (Lipinski definition) is 4. The molecule has 2 rings (SSSR count). The van der Waals surface area contributed by atoms with Gasteiger partial charge in [-0.25, -0.2) is 10.4 Å². The molecule has 0 saturated heterocycles. The fourth-order valence-corrected chi connectivity index (χ4v) is 1.35. The molecule has 0 amide bonds. The minimum Gasteiger partial charge on any atom is -0.353 e. The molecule has 1 aliphatic heterocycles. The van der Waals surface area contributed by atoms with E-state index in [0.717, 1.165) is 30.3 Å². The number of benzene rings is 1. The van der Waals surface area contributed by atoms with Gasteiger partial charge >= 0.3 is 0 Å². The molecule has 0 radical (unpaired) electrons. The molecule has 0 unspecified atom stereocenters. The highest BCUT2D eigenvalue weighted by atomic mass is 15.4. The molecule has 1 heterocycles. The van der Waals surface area contributed by atoms with Crippen LogP contribution in [0, 0.1) is 0 Å². The van der Waals surface area contributed by atoms with E-state index in [1.807, 2.05) is 37.3 Å². The Morgan fingerprint density at radius 1 is 1.40 bits per heavy atom. The maximum atomic E-state index is 4.25. The minimum absolute atomic E-state index is 0.755. The Morgan fingerprint density at radius 3 is 2.87 bits per heavy atom. The van der Waals surface area contributed by atoms with Crippen LogP contribution in [0.5, 0.6) is 0 Å². The Balaban J connectivity index is 2.01. The van der Waals surface area contributed by atoms with Crippen molar-refractivity contribution < 1.29 is 0 Å². The van der Waals surface area contributed by atoms with Gasteiger partial charge in [0.2, 0.25) is 5.96 Å². The molecule has 2 N–H and O–H groups in total. The first-order chi connectivity index (χ1) is 7.36. The van der Waals surface area contributed by atoms with Crippen LogP contribution in [0.3, 0.4) is 0 Å². The standard InChI is InChI=1S/C11H14N4/c1-9(10-5-3-2-4-6-10)14-15-11-12-7-8-13-11/h2-6H,7-8H2,1H3,(H2,12,13,15)/b14-9-. The Kier molecular flexibility index (Phi) is 2.97. The van der Waals surface area contributed by atoms with E-state index in [1.54, 1.807) is 0 Å². The average Bonchev–Trinajstić information content (AvgIpc) is 2.80. The lowest BCUT2D eigenvalue weighted by molar-refractivity contribution is 0.917. The molecule has 4 heteroatoms. The smallest absolute Gasteiger partial charge is 0.212 e. The van der Waals surface area contributed by atoms with Crippen LogP contribution in [0.1, 0.15) is 12.5 Å². The Bertz CT molecular complexity index is 381. The predicted octanol–water partition coefficient (Wildman–Crippen LogP) is 0.959. The molecular weight excluding hydrogens is 188 g/mol. The van der Waals surface area contributed by atoms with Gasteiger partial charge in [-0.3, -0.25) is 0 Å². The van der Waals surface area contributed by atoms with E-state index in [4.69, 9.17) is 0 Å². The zero-order valence-corrected chi connectivity index (χ0v) is 8.70. The normalized spacial score (nSPS) is 15.8. The van der Waals surface area contributed by atoms with Crippen LogP contribution in [0.4, 0.5) is 0 Å². The number of aliphatic imine (C=N–C) groups is 1. The van der Waals surface area contributed by atoms with Crippen molar-refractivity contribution in [2.24, 2.45) is 10.1 Å². The van der Waals surface area contributed by atoms with E-state index in [2.05, 4.69) is 20.8 Å². The number of guanidine groups is 1. The Labute approximate surface area is 89.1 Å². The largest absolute Gasteiger partial charge is 0.353 e. The van der Waals surface area contributed by atoms with Crippen LogP contribution in [-0.2, 0) is 0 Å². The molecule has 0 aromatic heterocycles. The van der Waals surface area contributed by atoms with Crippen LogP contribution in [0.15, 0.2) is 40.4 Å². The quantitative estimate of drug-likeness (QED) is 0.554. The average molecular weight is 202 g/mol. The molecular formula is C11H14N4. The van der Waals surface area contributed by atoms with Crippen molar-refractivity contribution in [3.05, 3.63) is 35.9 Å². The summed E-state index contributed by atoms with van der Waals surface area (Å²) < 4.78 is 0. The third kappa shape index (κ3) is 2.56. The van der Waals surface area contributed by atoms with Crippen LogP contribution in [0.2, 0.25) is 0 Å². The second-order valence-electron chi connectivity index (χ2n) is 3.33. The summed E-state index contributed by atoms with van der Waals surface area (Å²) in [6.45, 7) is 3.68. The topological polar surface area (TPSA) is 48.8 Å². The first kappa shape index (κ1) is 9.71. The summed E-state index contributed by atoms with van der Waals surface area (Å²) in [5, 5.41) is 7.34. The van der Waals surface area contributed by atoms with E-state index < -0.39 is 0 Å². The summed E-state index contributed by atoms with van der Waals surface area (Å²) in [6.07, 6.45) is 0. The first-order valence-electron chi connectivity index (χ1n) is 5.00. The van der Waals surface area contributed by atoms with Gasteiger partial charge in [-0.2, -0.15) is 5.10 Å². The van der Waals surface area contributed by atoms with Crippen molar-refractivity contribution in [1.29, 1.82) is 0 Å². The van der Waals surface area contributed by atoms with Gasteiger partial charge in [-0.15, -0.1) is 0 Å². The molecule has 0 bridgehead atoms. The van der Waals surface area contributed by atoms with E-state index in [-0.39, 0.29) is 0 Å². The Morgan fingerprint density at radius 2 is 2.20 bits per heavy atom.